The SMILES string of the molecule is CN=C(N)NC[C@]1(CCNC)[C@@H]2CC[C@@H](C)[C@]13CCC(C(=O)O)=C3C2. The van der Waals surface area contributed by atoms with Crippen LogP contribution in [0.25, 0.3) is 0 Å². The first-order valence-corrected chi connectivity index (χ1v) is 9.49. The highest BCUT2D eigenvalue weighted by Gasteiger charge is 2.67. The maximum absolute atomic E-state index is 11.8. The summed E-state index contributed by atoms with van der Waals surface area (Å²) in [7, 11) is 3.69. The smallest absolute Gasteiger partial charge is 0.331 e. The third kappa shape index (κ3) is 2.48. The van der Waals surface area contributed by atoms with Gasteiger partial charge < -0.3 is 21.5 Å². The van der Waals surface area contributed by atoms with Gasteiger partial charge in [0.15, 0.2) is 5.96 Å². The van der Waals surface area contributed by atoms with Crippen LogP contribution in [0.1, 0.15) is 45.4 Å². The van der Waals surface area contributed by atoms with Crippen molar-refractivity contribution in [3.8, 4) is 0 Å². The Morgan fingerprint density at radius 2 is 2.20 bits per heavy atom. The van der Waals surface area contributed by atoms with Crippen LogP contribution in [0.3, 0.4) is 0 Å². The quantitative estimate of drug-likeness (QED) is 0.433. The van der Waals surface area contributed by atoms with Crippen LogP contribution in [0.5, 0.6) is 0 Å². The Balaban J connectivity index is 2.08. The number of fused-ring (bicyclic) bond motifs is 1. The summed E-state index contributed by atoms with van der Waals surface area (Å²) in [6.07, 6.45) is 6.03. The van der Waals surface area contributed by atoms with Crippen molar-refractivity contribution >= 4 is 11.9 Å². The van der Waals surface area contributed by atoms with E-state index >= 15 is 0 Å². The number of aliphatic carboxylic acids is 1. The van der Waals surface area contributed by atoms with Crippen LogP contribution in [-0.2, 0) is 4.79 Å². The number of carbonyl (C=O) groups is 1. The zero-order valence-electron chi connectivity index (χ0n) is 15.7. The van der Waals surface area contributed by atoms with Crippen LogP contribution in [-0.4, -0.2) is 44.2 Å². The molecule has 0 aromatic heterocycles. The zero-order chi connectivity index (χ0) is 18.2. The van der Waals surface area contributed by atoms with Crippen molar-refractivity contribution in [3.63, 3.8) is 0 Å². The molecule has 3 rings (SSSR count). The van der Waals surface area contributed by atoms with Crippen molar-refractivity contribution in [1.29, 1.82) is 0 Å². The predicted octanol–water partition coefficient (Wildman–Crippen LogP) is 1.73. The van der Waals surface area contributed by atoms with E-state index in [4.69, 9.17) is 5.73 Å². The van der Waals surface area contributed by atoms with Crippen LogP contribution in [0.2, 0.25) is 0 Å². The second-order valence-electron chi connectivity index (χ2n) is 8.09. The van der Waals surface area contributed by atoms with Gasteiger partial charge in [-0.25, -0.2) is 4.79 Å². The molecule has 0 aromatic rings. The summed E-state index contributed by atoms with van der Waals surface area (Å²) in [6, 6.07) is 0. The molecule has 0 aromatic carbocycles. The second-order valence-corrected chi connectivity index (χ2v) is 8.09. The minimum absolute atomic E-state index is 0.00150. The predicted molar refractivity (Wildman–Crippen MR) is 99.4 cm³/mol. The first-order valence-electron chi connectivity index (χ1n) is 9.49. The van der Waals surface area contributed by atoms with Gasteiger partial charge in [0.05, 0.1) is 0 Å². The van der Waals surface area contributed by atoms with E-state index in [0.29, 0.717) is 29.8 Å². The summed E-state index contributed by atoms with van der Waals surface area (Å²) < 4.78 is 0. The number of carboxylic acid groups (broad SMARTS) is 1. The van der Waals surface area contributed by atoms with E-state index in [1.807, 2.05) is 7.05 Å². The maximum Gasteiger partial charge on any atom is 0.331 e. The molecule has 3 aliphatic rings. The highest BCUT2D eigenvalue weighted by atomic mass is 16.4. The summed E-state index contributed by atoms with van der Waals surface area (Å²) in [4.78, 5) is 15.9. The minimum Gasteiger partial charge on any atom is -0.478 e. The Morgan fingerprint density at radius 1 is 1.44 bits per heavy atom. The van der Waals surface area contributed by atoms with Gasteiger partial charge in [-0.3, -0.25) is 4.99 Å². The zero-order valence-corrected chi connectivity index (χ0v) is 15.7. The molecule has 25 heavy (non-hydrogen) atoms. The molecule has 5 N–H and O–H groups in total. The lowest BCUT2D eigenvalue weighted by Gasteiger charge is -2.55. The van der Waals surface area contributed by atoms with E-state index in [9.17, 15) is 9.90 Å². The number of hydrogen-bond donors (Lipinski definition) is 4. The molecule has 140 valence electrons. The fraction of sp³-hybridized carbons (Fsp3) is 0.789. The van der Waals surface area contributed by atoms with Crippen LogP contribution in [0, 0.1) is 22.7 Å². The fourth-order valence-electron chi connectivity index (χ4n) is 6.39. The summed E-state index contributed by atoms with van der Waals surface area (Å²) in [5.41, 5.74) is 7.95. The van der Waals surface area contributed by atoms with E-state index in [2.05, 4.69) is 22.5 Å². The summed E-state index contributed by atoms with van der Waals surface area (Å²) in [5, 5.41) is 16.4. The van der Waals surface area contributed by atoms with E-state index in [1.54, 1.807) is 7.05 Å². The average molecular weight is 348 g/mol. The summed E-state index contributed by atoms with van der Waals surface area (Å²) in [6.45, 7) is 4.05. The lowest BCUT2D eigenvalue weighted by atomic mass is 9.50. The number of rotatable bonds is 6. The number of guanidine groups is 1. The molecule has 0 saturated heterocycles. The van der Waals surface area contributed by atoms with Crippen molar-refractivity contribution in [2.24, 2.45) is 33.4 Å². The molecule has 0 radical (unpaired) electrons. The summed E-state index contributed by atoms with van der Waals surface area (Å²) >= 11 is 0. The molecule has 0 heterocycles. The lowest BCUT2D eigenvalue weighted by molar-refractivity contribution is -0.132. The number of nitrogens with two attached hydrogens (primary N) is 1. The van der Waals surface area contributed by atoms with Gasteiger partial charge in [0.25, 0.3) is 0 Å². The van der Waals surface area contributed by atoms with Crippen LogP contribution in [0.15, 0.2) is 16.1 Å². The van der Waals surface area contributed by atoms with Crippen molar-refractivity contribution in [1.82, 2.24) is 10.6 Å². The maximum atomic E-state index is 11.8. The van der Waals surface area contributed by atoms with Gasteiger partial charge in [0.2, 0.25) is 0 Å². The van der Waals surface area contributed by atoms with Gasteiger partial charge in [-0.2, -0.15) is 0 Å². The van der Waals surface area contributed by atoms with E-state index < -0.39 is 5.97 Å². The standard InChI is InChI=1S/C19H32N4O2/c1-12-4-5-13-10-15-14(16(24)25)6-7-19(12,15)18(13,8-9-21-2)11-23-17(20)22-3/h12-13,21H,4-11H2,1-3H3,(H,24,25)(H3,20,22,23)/t12-,13-,18-,19+/m1/s1. The molecule has 2 saturated carbocycles. The van der Waals surface area contributed by atoms with Gasteiger partial charge in [-0.1, -0.05) is 12.5 Å². The van der Waals surface area contributed by atoms with Crippen molar-refractivity contribution < 1.29 is 9.90 Å². The molecule has 2 fully saturated rings. The van der Waals surface area contributed by atoms with Gasteiger partial charge in [0, 0.05) is 30.0 Å². The molecule has 4 atom stereocenters. The number of nitrogens with zero attached hydrogens (tertiary/aromatic N) is 1. The van der Waals surface area contributed by atoms with Crippen molar-refractivity contribution in [2.45, 2.75) is 45.4 Å². The minimum atomic E-state index is -0.711. The van der Waals surface area contributed by atoms with E-state index in [-0.39, 0.29) is 10.8 Å². The first-order chi connectivity index (χ1) is 11.9. The highest BCUT2D eigenvalue weighted by molar-refractivity contribution is 5.89. The molecular weight excluding hydrogens is 316 g/mol. The molecular formula is C19H32N4O2. The van der Waals surface area contributed by atoms with Gasteiger partial charge in [0.1, 0.15) is 0 Å². The van der Waals surface area contributed by atoms with E-state index in [0.717, 1.165) is 32.4 Å². The number of allylic oxidation sites excluding steroid dienone is 1. The topological polar surface area (TPSA) is 99.7 Å². The monoisotopic (exact) mass is 348 g/mol. The molecule has 0 unspecified atom stereocenters. The van der Waals surface area contributed by atoms with Crippen LogP contribution < -0.4 is 16.4 Å². The number of hydrogen-bond acceptors (Lipinski definition) is 3. The van der Waals surface area contributed by atoms with E-state index in [1.165, 1.54) is 18.4 Å². The Labute approximate surface area is 150 Å². The van der Waals surface area contributed by atoms with Gasteiger partial charge in [-0.05, 0) is 64.0 Å². The average Bonchev–Trinajstić information content (AvgIpc) is 3.04. The fourth-order valence-corrected chi connectivity index (χ4v) is 6.39. The lowest BCUT2D eigenvalue weighted by Crippen LogP contribution is -2.56. The Hall–Kier alpha value is -1.56. The van der Waals surface area contributed by atoms with Crippen LogP contribution >= 0.6 is 0 Å². The van der Waals surface area contributed by atoms with Crippen molar-refractivity contribution in [2.75, 3.05) is 27.2 Å². The molecule has 2 bridgehead atoms. The Morgan fingerprint density at radius 3 is 2.84 bits per heavy atom. The molecule has 0 aliphatic heterocycles. The number of carboxylic acids is 1. The molecule has 0 amide bonds. The second kappa shape index (κ2) is 6.63. The third-order valence-electron chi connectivity index (χ3n) is 7.49. The number of aliphatic imine (C=N–C) groups is 1. The number of nitrogens with one attached hydrogen (secondary N) is 2. The summed E-state index contributed by atoms with van der Waals surface area (Å²) in [5.74, 6) is 0.798. The van der Waals surface area contributed by atoms with Crippen LogP contribution in [0.4, 0.5) is 0 Å². The Bertz CT molecular complexity index is 615. The third-order valence-corrected chi connectivity index (χ3v) is 7.49. The van der Waals surface area contributed by atoms with Crippen molar-refractivity contribution in [3.05, 3.63) is 11.1 Å². The highest BCUT2D eigenvalue weighted by Crippen LogP contribution is 2.73. The van der Waals surface area contributed by atoms with Gasteiger partial charge in [-0.15, -0.1) is 0 Å². The largest absolute Gasteiger partial charge is 0.478 e. The first kappa shape index (κ1) is 18.2. The normalized spacial score (nSPS) is 37.3. The molecule has 6 heteroatoms. The molecule has 1 spiro atoms. The molecule has 6 nitrogen and oxygen atoms in total. The molecule has 3 aliphatic carbocycles. The Kier molecular flexibility index (Phi) is 4.84. The van der Waals surface area contributed by atoms with Gasteiger partial charge >= 0.3 is 5.97 Å².